The number of likely N-dealkylation sites (tertiary alicyclic amines) is 1. The Labute approximate surface area is 163 Å². The van der Waals surface area contributed by atoms with Gasteiger partial charge in [-0.05, 0) is 37.9 Å². The van der Waals surface area contributed by atoms with Crippen molar-refractivity contribution in [3.05, 3.63) is 23.9 Å². The fourth-order valence-electron chi connectivity index (χ4n) is 3.80. The molecule has 0 spiro atoms. The average Bonchev–Trinajstić information content (AvgIpc) is 3.06. The zero-order valence-corrected chi connectivity index (χ0v) is 16.3. The fraction of sp³-hybridized carbons (Fsp3) is 0.500. The molecule has 0 aliphatic carbocycles. The summed E-state index contributed by atoms with van der Waals surface area (Å²) >= 11 is 0. The lowest BCUT2D eigenvalue weighted by Gasteiger charge is -2.34. The topological polar surface area (TPSA) is 104 Å². The van der Waals surface area contributed by atoms with Crippen LogP contribution in [-0.4, -0.2) is 66.8 Å². The number of piperidine rings is 1. The maximum atomic E-state index is 12.8. The van der Waals surface area contributed by atoms with Crippen LogP contribution in [0.5, 0.6) is 5.75 Å². The fourth-order valence-corrected chi connectivity index (χ4v) is 3.80. The minimum absolute atomic E-state index is 0.111. The van der Waals surface area contributed by atoms with Gasteiger partial charge in [0, 0.05) is 24.1 Å². The molecule has 1 aliphatic rings. The number of nitrogens with zero attached hydrogens (tertiary/aromatic N) is 1. The molecule has 1 aromatic heterocycles. The Hall–Kier alpha value is -2.58. The largest absolute Gasteiger partial charge is 0.497 e. The van der Waals surface area contributed by atoms with Gasteiger partial charge in [-0.3, -0.25) is 9.69 Å². The van der Waals surface area contributed by atoms with Crippen LogP contribution in [0.15, 0.2) is 18.2 Å². The number of carbonyl (C=O) groups is 2. The number of aliphatic hydroxyl groups excluding tert-OH is 1. The number of rotatable bonds is 7. The number of methoxy groups -OCH3 is 2. The highest BCUT2D eigenvalue weighted by Crippen LogP contribution is 2.31. The van der Waals surface area contributed by atoms with Crippen LogP contribution in [0, 0.1) is 0 Å². The maximum absolute atomic E-state index is 12.8. The maximum Gasteiger partial charge on any atom is 0.356 e. The van der Waals surface area contributed by atoms with Crippen LogP contribution < -0.4 is 10.1 Å². The van der Waals surface area contributed by atoms with Crippen LogP contribution in [0.25, 0.3) is 10.9 Å². The number of ether oxygens (including phenoxy) is 2. The zero-order chi connectivity index (χ0) is 20.1. The van der Waals surface area contributed by atoms with Gasteiger partial charge in [-0.1, -0.05) is 6.42 Å². The van der Waals surface area contributed by atoms with Crippen molar-refractivity contribution >= 4 is 28.5 Å². The monoisotopic (exact) mass is 389 g/mol. The van der Waals surface area contributed by atoms with Crippen LogP contribution >= 0.6 is 0 Å². The highest BCUT2D eigenvalue weighted by atomic mass is 16.5. The molecule has 0 bridgehead atoms. The number of aliphatic hydroxyl groups is 1. The molecule has 3 N–H and O–H groups in total. The molecule has 0 unspecified atom stereocenters. The third-order valence-corrected chi connectivity index (χ3v) is 5.22. The lowest BCUT2D eigenvalue weighted by atomic mass is 9.99. The number of hydrogen-bond acceptors (Lipinski definition) is 6. The summed E-state index contributed by atoms with van der Waals surface area (Å²) in [6, 6.07) is 5.54. The Morgan fingerprint density at radius 1 is 1.32 bits per heavy atom. The molecule has 152 valence electrons. The van der Waals surface area contributed by atoms with Crippen molar-refractivity contribution in [2.45, 2.75) is 31.7 Å². The lowest BCUT2D eigenvalue weighted by Crippen LogP contribution is -2.44. The number of fused-ring (bicyclic) bond motifs is 1. The third kappa shape index (κ3) is 4.28. The molecule has 0 saturated carbocycles. The molecule has 2 aromatic rings. The first-order valence-electron chi connectivity index (χ1n) is 9.50. The first-order chi connectivity index (χ1) is 13.6. The van der Waals surface area contributed by atoms with Gasteiger partial charge in [-0.15, -0.1) is 0 Å². The minimum Gasteiger partial charge on any atom is -0.497 e. The molecule has 1 saturated heterocycles. The molecule has 2 heterocycles. The van der Waals surface area contributed by atoms with E-state index >= 15 is 0 Å². The smallest absolute Gasteiger partial charge is 0.356 e. The number of aromatic amines is 1. The van der Waals surface area contributed by atoms with E-state index in [9.17, 15) is 14.7 Å². The Balaban J connectivity index is 1.83. The summed E-state index contributed by atoms with van der Waals surface area (Å²) < 4.78 is 10.1. The van der Waals surface area contributed by atoms with Crippen molar-refractivity contribution < 1.29 is 24.2 Å². The first kappa shape index (κ1) is 20.2. The molecular formula is C20H27N3O5. The molecule has 3 rings (SSSR count). The second kappa shape index (κ2) is 9.07. The Bertz CT molecular complexity index is 846. The second-order valence-corrected chi connectivity index (χ2v) is 6.96. The Morgan fingerprint density at radius 3 is 2.86 bits per heavy atom. The number of hydrogen-bond donors (Lipinski definition) is 3. The standard InChI is InChI=1S/C20H27N3O5/c1-27-14-6-7-15-16(11-14)21-19(20(26)28-2)18(15)22-17(25)12-23-9-4-3-5-13(23)8-10-24/h6-7,11,13,21,24H,3-5,8-10,12H2,1-2H3,(H,22,25)/t13-/m0/s1. The molecule has 1 fully saturated rings. The van der Waals surface area contributed by atoms with E-state index in [4.69, 9.17) is 9.47 Å². The van der Waals surface area contributed by atoms with Gasteiger partial charge >= 0.3 is 5.97 Å². The van der Waals surface area contributed by atoms with Crippen LogP contribution in [-0.2, 0) is 9.53 Å². The number of H-pyrrole nitrogens is 1. The van der Waals surface area contributed by atoms with Crippen molar-refractivity contribution in [1.82, 2.24) is 9.88 Å². The van der Waals surface area contributed by atoms with Crippen LogP contribution in [0.3, 0.4) is 0 Å². The van der Waals surface area contributed by atoms with Gasteiger partial charge in [0.1, 0.15) is 11.4 Å². The average molecular weight is 389 g/mol. The van der Waals surface area contributed by atoms with Crippen LogP contribution in [0.1, 0.15) is 36.2 Å². The van der Waals surface area contributed by atoms with Crippen molar-refractivity contribution in [2.24, 2.45) is 0 Å². The van der Waals surface area contributed by atoms with Gasteiger partial charge in [-0.2, -0.15) is 0 Å². The third-order valence-electron chi connectivity index (χ3n) is 5.22. The molecule has 1 aromatic carbocycles. The van der Waals surface area contributed by atoms with Gasteiger partial charge in [-0.25, -0.2) is 4.79 Å². The summed E-state index contributed by atoms with van der Waals surface area (Å²) in [6.07, 6.45) is 3.79. The highest BCUT2D eigenvalue weighted by molar-refractivity contribution is 6.11. The number of nitrogens with one attached hydrogen (secondary N) is 2. The van der Waals surface area contributed by atoms with E-state index in [1.54, 1.807) is 25.3 Å². The molecule has 0 radical (unpaired) electrons. The van der Waals surface area contributed by atoms with E-state index in [2.05, 4.69) is 15.2 Å². The molecule has 8 nitrogen and oxygen atoms in total. The van der Waals surface area contributed by atoms with Crippen molar-refractivity contribution in [2.75, 3.05) is 39.2 Å². The number of carbonyl (C=O) groups excluding carboxylic acids is 2. The quantitative estimate of drug-likeness (QED) is 0.627. The van der Waals surface area contributed by atoms with E-state index < -0.39 is 5.97 Å². The van der Waals surface area contributed by atoms with Gasteiger partial charge in [0.2, 0.25) is 5.91 Å². The normalized spacial score (nSPS) is 17.5. The van der Waals surface area contributed by atoms with Gasteiger partial charge < -0.3 is 24.9 Å². The summed E-state index contributed by atoms with van der Waals surface area (Å²) in [5, 5.41) is 12.9. The van der Waals surface area contributed by atoms with Crippen molar-refractivity contribution in [1.29, 1.82) is 0 Å². The number of benzene rings is 1. The summed E-state index contributed by atoms with van der Waals surface area (Å²) in [5.41, 5.74) is 1.28. The molecule has 1 amide bonds. The molecule has 1 aliphatic heterocycles. The Kier molecular flexibility index (Phi) is 6.53. The van der Waals surface area contributed by atoms with Crippen molar-refractivity contribution in [3.8, 4) is 5.75 Å². The minimum atomic E-state index is -0.554. The predicted molar refractivity (Wildman–Crippen MR) is 106 cm³/mol. The number of amides is 1. The number of anilines is 1. The van der Waals surface area contributed by atoms with E-state index in [-0.39, 0.29) is 30.8 Å². The lowest BCUT2D eigenvalue weighted by molar-refractivity contribution is -0.118. The van der Waals surface area contributed by atoms with Crippen LogP contribution in [0.4, 0.5) is 5.69 Å². The van der Waals surface area contributed by atoms with Gasteiger partial charge in [0.05, 0.1) is 32.0 Å². The summed E-state index contributed by atoms with van der Waals surface area (Å²) in [7, 11) is 2.86. The zero-order valence-electron chi connectivity index (χ0n) is 16.3. The summed E-state index contributed by atoms with van der Waals surface area (Å²) in [4.78, 5) is 30.1. The van der Waals surface area contributed by atoms with E-state index in [0.717, 1.165) is 25.8 Å². The highest BCUT2D eigenvalue weighted by Gasteiger charge is 2.26. The molecule has 8 heteroatoms. The van der Waals surface area contributed by atoms with E-state index in [1.165, 1.54) is 7.11 Å². The van der Waals surface area contributed by atoms with Gasteiger partial charge in [0.25, 0.3) is 0 Å². The molecular weight excluding hydrogens is 362 g/mol. The van der Waals surface area contributed by atoms with E-state index in [0.29, 0.717) is 28.8 Å². The summed E-state index contributed by atoms with van der Waals surface area (Å²) in [5.74, 6) is -0.114. The predicted octanol–water partition coefficient (Wildman–Crippen LogP) is 2.14. The number of esters is 1. The van der Waals surface area contributed by atoms with Crippen molar-refractivity contribution in [3.63, 3.8) is 0 Å². The first-order valence-corrected chi connectivity index (χ1v) is 9.50. The van der Waals surface area contributed by atoms with E-state index in [1.807, 2.05) is 0 Å². The van der Waals surface area contributed by atoms with Crippen LogP contribution in [0.2, 0.25) is 0 Å². The summed E-state index contributed by atoms with van der Waals surface area (Å²) in [6.45, 7) is 1.15. The Morgan fingerprint density at radius 2 is 2.14 bits per heavy atom. The van der Waals surface area contributed by atoms with Gasteiger partial charge in [0.15, 0.2) is 0 Å². The molecule has 1 atom stereocenters. The second-order valence-electron chi connectivity index (χ2n) is 6.96. The molecule has 28 heavy (non-hydrogen) atoms. The SMILES string of the molecule is COC(=O)c1[nH]c2cc(OC)ccc2c1NC(=O)CN1CCCC[C@H]1CCO. The number of aromatic nitrogens is 1.